The fourth-order valence-electron chi connectivity index (χ4n) is 5.85. The number of Topliss-reactive ketones (excluding diaryl/α,β-unsaturated/α-hetero) is 1. The number of piperidine rings is 1. The third kappa shape index (κ3) is 4.54. The number of nitrogens with two attached hydrogens (primary N) is 3. The van der Waals surface area contributed by atoms with Gasteiger partial charge in [0.05, 0.1) is 15.6 Å². The number of thiophene rings is 1. The normalized spacial score (nSPS) is 20.9. The van der Waals surface area contributed by atoms with E-state index in [1.807, 2.05) is 30.3 Å². The highest BCUT2D eigenvalue weighted by molar-refractivity contribution is 7.21. The number of amides is 1. The summed E-state index contributed by atoms with van der Waals surface area (Å²) < 4.78 is 6.64. The molecule has 7 N–H and O–H groups in total. The molecule has 0 radical (unpaired) electrons. The highest BCUT2D eigenvalue weighted by atomic mass is 32.1. The number of anilines is 1. The molecule has 6 rings (SSSR count). The van der Waals surface area contributed by atoms with E-state index in [0.29, 0.717) is 50.7 Å². The van der Waals surface area contributed by atoms with Crippen molar-refractivity contribution >= 4 is 38.8 Å². The fraction of sp³-hybridized carbons (Fsp3) is 0.290. The van der Waals surface area contributed by atoms with Crippen molar-refractivity contribution in [2.75, 3.05) is 31.9 Å². The zero-order valence-electron chi connectivity index (χ0n) is 22.2. The number of carbonyl (C=O) groups excluding carboxylic acids is 2. The molecule has 1 aliphatic carbocycles. The predicted octanol–water partition coefficient (Wildman–Crippen LogP) is 4.28. The minimum absolute atomic E-state index is 0.242. The lowest BCUT2D eigenvalue weighted by Crippen LogP contribution is -2.52. The van der Waals surface area contributed by atoms with Gasteiger partial charge in [-0.1, -0.05) is 42.8 Å². The maximum atomic E-state index is 14.0. The van der Waals surface area contributed by atoms with Gasteiger partial charge in [0.25, 0.3) is 5.91 Å². The van der Waals surface area contributed by atoms with E-state index in [1.54, 1.807) is 36.4 Å². The van der Waals surface area contributed by atoms with Crippen LogP contribution in [0, 0.1) is 0 Å². The number of nitrogen functional groups attached to an aromatic ring is 1. The summed E-state index contributed by atoms with van der Waals surface area (Å²) in [4.78, 5) is 30.1. The Morgan fingerprint density at radius 1 is 1.00 bits per heavy atom. The molecule has 0 bridgehead atoms. The molecular weight excluding hydrogens is 522 g/mol. The monoisotopic (exact) mass is 555 g/mol. The molecule has 1 amide bonds. The summed E-state index contributed by atoms with van der Waals surface area (Å²) in [5.74, 6) is 0.712. The second kappa shape index (κ2) is 10.7. The number of carbonyl (C=O) groups is 2. The molecule has 1 aliphatic heterocycles. The van der Waals surface area contributed by atoms with Gasteiger partial charge in [-0.05, 0) is 67.4 Å². The van der Waals surface area contributed by atoms with Crippen LogP contribution in [0.2, 0.25) is 0 Å². The van der Waals surface area contributed by atoms with E-state index in [4.69, 9.17) is 21.9 Å². The quantitative estimate of drug-likeness (QED) is 0.250. The number of nitrogens with zero attached hydrogens (tertiary/aromatic N) is 1. The van der Waals surface area contributed by atoms with Crippen LogP contribution in [0.15, 0.2) is 66.7 Å². The summed E-state index contributed by atoms with van der Waals surface area (Å²) >= 11 is 1.27. The molecule has 2 unspecified atom stereocenters. The Labute approximate surface area is 237 Å². The van der Waals surface area contributed by atoms with Crippen LogP contribution in [0.25, 0.3) is 10.1 Å². The molecule has 4 aromatic rings. The van der Waals surface area contributed by atoms with E-state index in [2.05, 4.69) is 10.2 Å². The van der Waals surface area contributed by atoms with Gasteiger partial charge in [-0.15, -0.1) is 11.3 Å². The molecule has 3 aromatic carbocycles. The average molecular weight is 556 g/mol. The van der Waals surface area contributed by atoms with Crippen molar-refractivity contribution in [2.45, 2.75) is 30.8 Å². The van der Waals surface area contributed by atoms with Gasteiger partial charge in [-0.25, -0.2) is 0 Å². The molecule has 1 fully saturated rings. The van der Waals surface area contributed by atoms with Gasteiger partial charge in [0.1, 0.15) is 17.0 Å². The summed E-state index contributed by atoms with van der Waals surface area (Å²) in [5, 5.41) is 3.74. The Morgan fingerprint density at radius 3 is 2.42 bits per heavy atom. The highest BCUT2D eigenvalue weighted by Crippen LogP contribution is 2.49. The second-order valence-corrected chi connectivity index (χ2v) is 11.5. The smallest absolute Gasteiger partial charge is 0.261 e. The number of hydrogen-bond acceptors (Lipinski definition) is 8. The van der Waals surface area contributed by atoms with Crippen LogP contribution >= 0.6 is 11.3 Å². The average Bonchev–Trinajstić information content (AvgIpc) is 3.39. The molecule has 1 aromatic heterocycles. The first-order chi connectivity index (χ1) is 19.4. The van der Waals surface area contributed by atoms with Gasteiger partial charge in [0, 0.05) is 29.7 Å². The second-order valence-electron chi connectivity index (χ2n) is 10.5. The van der Waals surface area contributed by atoms with Crippen molar-refractivity contribution in [3.63, 3.8) is 0 Å². The van der Waals surface area contributed by atoms with Crippen LogP contribution in [0.1, 0.15) is 51.7 Å². The molecule has 2 heterocycles. The number of benzene rings is 3. The van der Waals surface area contributed by atoms with Gasteiger partial charge in [0.15, 0.2) is 5.78 Å². The number of hydrogen-bond donors (Lipinski definition) is 4. The molecular formula is C31H33N5O3S. The number of para-hydroxylation sites is 1. The molecule has 2 atom stereocenters. The van der Waals surface area contributed by atoms with Crippen LogP contribution < -0.4 is 27.3 Å². The molecule has 2 aliphatic rings. The zero-order valence-corrected chi connectivity index (χ0v) is 23.0. The van der Waals surface area contributed by atoms with Crippen LogP contribution in [0.3, 0.4) is 0 Å². The third-order valence-electron chi connectivity index (χ3n) is 7.97. The standard InChI is InChI=1S/C31H33N5O3S/c32-23-14-13-22-24-25(28(40-27(23)24)30(38)35-15-18-36-16-5-2-6-17-36)26(33)29(37)31(22,34)19-9-11-21(12-10-19)39-20-7-3-1-4-8-20/h1,3-4,7-14,26H,2,5-6,15-18,32-34H2,(H,35,38). The number of ether oxygens (including phenoxy) is 1. The van der Waals surface area contributed by atoms with Crippen molar-refractivity contribution in [1.82, 2.24) is 10.2 Å². The minimum Gasteiger partial charge on any atom is -0.457 e. The van der Waals surface area contributed by atoms with Crippen LogP contribution in [0.5, 0.6) is 11.5 Å². The first-order valence-electron chi connectivity index (χ1n) is 13.7. The summed E-state index contributed by atoms with van der Waals surface area (Å²) in [6.07, 6.45) is 3.64. The summed E-state index contributed by atoms with van der Waals surface area (Å²) in [6.45, 7) is 3.43. The van der Waals surface area contributed by atoms with E-state index < -0.39 is 11.6 Å². The molecule has 9 heteroatoms. The maximum absolute atomic E-state index is 14.0. The number of rotatable bonds is 7. The molecule has 0 saturated carbocycles. The topological polar surface area (TPSA) is 137 Å². The Morgan fingerprint density at radius 2 is 1.70 bits per heavy atom. The maximum Gasteiger partial charge on any atom is 0.261 e. The lowest BCUT2D eigenvalue weighted by molar-refractivity contribution is -0.124. The number of likely N-dealkylation sites (tertiary alicyclic amines) is 1. The highest BCUT2D eigenvalue weighted by Gasteiger charge is 2.48. The number of nitrogens with one attached hydrogen (secondary N) is 1. The lowest BCUT2D eigenvalue weighted by Gasteiger charge is -2.36. The van der Waals surface area contributed by atoms with Gasteiger partial charge in [0.2, 0.25) is 0 Å². The van der Waals surface area contributed by atoms with E-state index in [9.17, 15) is 9.59 Å². The SMILES string of the molecule is Nc1ccc2c3c(c(C(=O)NCCN4CCCCC4)sc13)C(N)C(=O)C2(N)c1ccc(Oc2ccccc2)cc1. The largest absolute Gasteiger partial charge is 0.457 e. The molecule has 0 spiro atoms. The van der Waals surface area contributed by atoms with Crippen molar-refractivity contribution in [3.8, 4) is 11.5 Å². The fourth-order valence-corrected chi connectivity index (χ4v) is 7.06. The van der Waals surface area contributed by atoms with Crippen LogP contribution in [-0.2, 0) is 10.3 Å². The van der Waals surface area contributed by atoms with E-state index in [0.717, 1.165) is 24.3 Å². The van der Waals surface area contributed by atoms with Gasteiger partial charge >= 0.3 is 0 Å². The summed E-state index contributed by atoms with van der Waals surface area (Å²) in [7, 11) is 0. The molecule has 40 heavy (non-hydrogen) atoms. The zero-order chi connectivity index (χ0) is 27.9. The molecule has 206 valence electrons. The van der Waals surface area contributed by atoms with E-state index >= 15 is 0 Å². The first-order valence-corrected chi connectivity index (χ1v) is 14.5. The first kappa shape index (κ1) is 26.5. The van der Waals surface area contributed by atoms with Gasteiger partial charge in [-0.3, -0.25) is 9.59 Å². The minimum atomic E-state index is -1.51. The van der Waals surface area contributed by atoms with Crippen molar-refractivity contribution in [3.05, 3.63) is 88.3 Å². The Balaban J connectivity index is 1.33. The summed E-state index contributed by atoms with van der Waals surface area (Å²) in [6, 6.07) is 19.1. The predicted molar refractivity (Wildman–Crippen MR) is 159 cm³/mol. The third-order valence-corrected chi connectivity index (χ3v) is 9.22. The van der Waals surface area contributed by atoms with Crippen LogP contribution in [-0.4, -0.2) is 42.8 Å². The van der Waals surface area contributed by atoms with Gasteiger partial charge < -0.3 is 32.2 Å². The lowest BCUT2D eigenvalue weighted by atomic mass is 9.70. The number of ketones is 1. The van der Waals surface area contributed by atoms with Crippen molar-refractivity contribution < 1.29 is 14.3 Å². The van der Waals surface area contributed by atoms with Crippen molar-refractivity contribution in [2.24, 2.45) is 11.5 Å². The van der Waals surface area contributed by atoms with Crippen LogP contribution in [0.4, 0.5) is 5.69 Å². The molecule has 1 saturated heterocycles. The molecule has 8 nitrogen and oxygen atoms in total. The Hall–Kier alpha value is -3.76. The Bertz CT molecular complexity index is 1560. The van der Waals surface area contributed by atoms with Gasteiger partial charge in [-0.2, -0.15) is 0 Å². The van der Waals surface area contributed by atoms with E-state index in [-0.39, 0.29) is 11.7 Å². The van der Waals surface area contributed by atoms with Crippen molar-refractivity contribution in [1.29, 1.82) is 0 Å². The Kier molecular flexibility index (Phi) is 7.06. The summed E-state index contributed by atoms with van der Waals surface area (Å²) in [5.41, 5.74) is 20.6. The van der Waals surface area contributed by atoms with E-state index in [1.165, 1.54) is 30.6 Å².